The van der Waals surface area contributed by atoms with Gasteiger partial charge in [0.1, 0.15) is 0 Å². The van der Waals surface area contributed by atoms with E-state index in [2.05, 4.69) is 10.6 Å². The molecular formula is C12H18N2O3S. The van der Waals surface area contributed by atoms with Crippen molar-refractivity contribution in [3.05, 3.63) is 21.9 Å². The first-order valence-electron chi connectivity index (χ1n) is 5.82. The molecule has 0 aliphatic carbocycles. The number of hydrogen-bond donors (Lipinski definition) is 3. The van der Waals surface area contributed by atoms with Crippen molar-refractivity contribution in [3.8, 4) is 0 Å². The van der Waals surface area contributed by atoms with Crippen molar-refractivity contribution in [2.45, 2.75) is 26.8 Å². The van der Waals surface area contributed by atoms with Gasteiger partial charge in [0.25, 0.3) is 0 Å². The molecule has 0 spiro atoms. The lowest BCUT2D eigenvalue weighted by Crippen LogP contribution is -2.39. The summed E-state index contributed by atoms with van der Waals surface area (Å²) in [6, 6.07) is 1.67. The molecule has 0 radical (unpaired) electrons. The van der Waals surface area contributed by atoms with E-state index in [0.717, 1.165) is 10.4 Å². The lowest BCUT2D eigenvalue weighted by atomic mass is 10.1. The lowest BCUT2D eigenvalue weighted by Gasteiger charge is -2.11. The van der Waals surface area contributed by atoms with Crippen LogP contribution in [0.3, 0.4) is 0 Å². The number of carboxylic acid groups (broad SMARTS) is 1. The first-order valence-corrected chi connectivity index (χ1v) is 6.70. The Balaban J connectivity index is 2.30. The summed E-state index contributed by atoms with van der Waals surface area (Å²) in [5.41, 5.74) is 1.15. The van der Waals surface area contributed by atoms with Gasteiger partial charge in [-0.05, 0) is 30.4 Å². The third-order valence-electron chi connectivity index (χ3n) is 2.73. The first-order chi connectivity index (χ1) is 8.54. The Morgan fingerprint density at radius 1 is 1.44 bits per heavy atom. The molecule has 0 aliphatic heterocycles. The number of rotatable bonds is 6. The van der Waals surface area contributed by atoms with Gasteiger partial charge in [-0.3, -0.25) is 4.79 Å². The molecule has 0 saturated carbocycles. The van der Waals surface area contributed by atoms with Crippen LogP contribution in [0.2, 0.25) is 0 Å². The molecule has 3 N–H and O–H groups in total. The van der Waals surface area contributed by atoms with Crippen LogP contribution in [-0.2, 0) is 11.3 Å². The Morgan fingerprint density at radius 2 is 2.17 bits per heavy atom. The van der Waals surface area contributed by atoms with E-state index in [1.54, 1.807) is 18.3 Å². The molecule has 0 fully saturated rings. The van der Waals surface area contributed by atoms with Crippen LogP contribution in [0.15, 0.2) is 11.4 Å². The van der Waals surface area contributed by atoms with Crippen molar-refractivity contribution in [1.82, 2.24) is 10.6 Å². The molecule has 0 aromatic carbocycles. The van der Waals surface area contributed by atoms with E-state index in [1.165, 1.54) is 0 Å². The standard InChI is InChI=1S/C12H18N2O3S/c1-3-9(11(15)16)6-13-12(17)14-7-10-8(2)4-5-18-10/h4-5,9H,3,6-7H2,1-2H3,(H,15,16)(H2,13,14,17). The predicted octanol–water partition coefficient (Wildman–Crippen LogP) is 1.97. The van der Waals surface area contributed by atoms with Crippen molar-refractivity contribution in [1.29, 1.82) is 0 Å². The van der Waals surface area contributed by atoms with Gasteiger partial charge in [-0.15, -0.1) is 11.3 Å². The summed E-state index contributed by atoms with van der Waals surface area (Å²) < 4.78 is 0. The number of hydrogen-bond acceptors (Lipinski definition) is 3. The number of urea groups is 1. The Labute approximate surface area is 110 Å². The van der Waals surface area contributed by atoms with E-state index in [4.69, 9.17) is 5.11 Å². The van der Waals surface area contributed by atoms with Gasteiger partial charge in [-0.1, -0.05) is 6.92 Å². The van der Waals surface area contributed by atoms with Crippen molar-refractivity contribution in [3.63, 3.8) is 0 Å². The minimum absolute atomic E-state index is 0.154. The normalized spacial score (nSPS) is 11.9. The van der Waals surface area contributed by atoms with Crippen LogP contribution >= 0.6 is 11.3 Å². The number of nitrogens with one attached hydrogen (secondary N) is 2. The van der Waals surface area contributed by atoms with Crippen LogP contribution in [0.5, 0.6) is 0 Å². The van der Waals surface area contributed by atoms with Crippen LogP contribution in [0.25, 0.3) is 0 Å². The van der Waals surface area contributed by atoms with Crippen LogP contribution in [0.1, 0.15) is 23.8 Å². The number of carbonyl (C=O) groups is 2. The molecule has 5 nitrogen and oxygen atoms in total. The van der Waals surface area contributed by atoms with Crippen molar-refractivity contribution < 1.29 is 14.7 Å². The molecule has 1 atom stereocenters. The van der Waals surface area contributed by atoms with E-state index >= 15 is 0 Å². The summed E-state index contributed by atoms with van der Waals surface area (Å²) in [6.07, 6.45) is 0.500. The fourth-order valence-corrected chi connectivity index (χ4v) is 2.28. The zero-order chi connectivity index (χ0) is 13.5. The molecule has 18 heavy (non-hydrogen) atoms. The molecule has 0 aliphatic rings. The second kappa shape index (κ2) is 7.00. The average molecular weight is 270 g/mol. The Hall–Kier alpha value is -1.56. The maximum Gasteiger partial charge on any atom is 0.315 e. The number of aliphatic carboxylic acids is 1. The minimum Gasteiger partial charge on any atom is -0.481 e. The van der Waals surface area contributed by atoms with Crippen molar-refractivity contribution >= 4 is 23.3 Å². The molecule has 1 aromatic heterocycles. The number of thiophene rings is 1. The molecule has 0 saturated heterocycles. The summed E-state index contributed by atoms with van der Waals surface area (Å²) in [7, 11) is 0. The molecule has 1 unspecified atom stereocenters. The van der Waals surface area contributed by atoms with Gasteiger partial charge in [0.2, 0.25) is 0 Å². The zero-order valence-corrected chi connectivity index (χ0v) is 11.3. The summed E-state index contributed by atoms with van der Waals surface area (Å²) in [6.45, 7) is 4.40. The van der Waals surface area contributed by atoms with Gasteiger partial charge < -0.3 is 15.7 Å². The quantitative estimate of drug-likeness (QED) is 0.739. The third-order valence-corrected chi connectivity index (χ3v) is 3.75. The molecule has 1 aromatic rings. The summed E-state index contributed by atoms with van der Waals surface area (Å²) in [5.74, 6) is -1.41. The highest BCUT2D eigenvalue weighted by molar-refractivity contribution is 7.10. The van der Waals surface area contributed by atoms with Gasteiger partial charge >= 0.3 is 12.0 Å². The molecule has 1 heterocycles. The van der Waals surface area contributed by atoms with E-state index in [0.29, 0.717) is 13.0 Å². The van der Waals surface area contributed by atoms with E-state index in [-0.39, 0.29) is 12.6 Å². The van der Waals surface area contributed by atoms with Crippen molar-refractivity contribution in [2.75, 3.05) is 6.54 Å². The smallest absolute Gasteiger partial charge is 0.315 e. The number of amides is 2. The highest BCUT2D eigenvalue weighted by atomic mass is 32.1. The second-order valence-corrected chi connectivity index (χ2v) is 5.03. The SMILES string of the molecule is CCC(CNC(=O)NCc1sccc1C)C(=O)O. The highest BCUT2D eigenvalue weighted by Crippen LogP contribution is 2.14. The average Bonchev–Trinajstić information content (AvgIpc) is 2.72. The largest absolute Gasteiger partial charge is 0.481 e. The van der Waals surface area contributed by atoms with E-state index < -0.39 is 11.9 Å². The van der Waals surface area contributed by atoms with E-state index in [1.807, 2.05) is 18.4 Å². The third kappa shape index (κ3) is 4.37. The monoisotopic (exact) mass is 270 g/mol. The van der Waals surface area contributed by atoms with Crippen LogP contribution in [0, 0.1) is 12.8 Å². The van der Waals surface area contributed by atoms with Gasteiger partial charge in [0.15, 0.2) is 0 Å². The maximum atomic E-state index is 11.5. The van der Waals surface area contributed by atoms with E-state index in [9.17, 15) is 9.59 Å². The van der Waals surface area contributed by atoms with Crippen LogP contribution in [-0.4, -0.2) is 23.7 Å². The minimum atomic E-state index is -0.882. The van der Waals surface area contributed by atoms with Gasteiger partial charge in [0.05, 0.1) is 12.5 Å². The molecule has 2 amide bonds. The fraction of sp³-hybridized carbons (Fsp3) is 0.500. The Bertz CT molecular complexity index is 417. The zero-order valence-electron chi connectivity index (χ0n) is 10.5. The molecule has 0 bridgehead atoms. The van der Waals surface area contributed by atoms with Gasteiger partial charge in [-0.25, -0.2) is 4.79 Å². The maximum absolute atomic E-state index is 11.5. The summed E-state index contributed by atoms with van der Waals surface area (Å²) >= 11 is 1.59. The van der Waals surface area contributed by atoms with Gasteiger partial charge in [0, 0.05) is 11.4 Å². The topological polar surface area (TPSA) is 78.4 Å². The Morgan fingerprint density at radius 3 is 2.67 bits per heavy atom. The molecular weight excluding hydrogens is 252 g/mol. The van der Waals surface area contributed by atoms with Crippen LogP contribution < -0.4 is 10.6 Å². The fourth-order valence-electron chi connectivity index (χ4n) is 1.43. The number of carbonyl (C=O) groups excluding carboxylic acids is 1. The van der Waals surface area contributed by atoms with Crippen LogP contribution in [0.4, 0.5) is 4.79 Å². The molecule has 6 heteroatoms. The number of carboxylic acids is 1. The molecule has 1 rings (SSSR count). The summed E-state index contributed by atoms with van der Waals surface area (Å²) in [5, 5.41) is 16.1. The first kappa shape index (κ1) is 14.5. The Kier molecular flexibility index (Phi) is 5.64. The van der Waals surface area contributed by atoms with Crippen molar-refractivity contribution in [2.24, 2.45) is 5.92 Å². The number of aryl methyl sites for hydroxylation is 1. The highest BCUT2D eigenvalue weighted by Gasteiger charge is 2.15. The second-order valence-electron chi connectivity index (χ2n) is 4.03. The lowest BCUT2D eigenvalue weighted by molar-refractivity contribution is -0.141. The molecule has 100 valence electrons. The summed E-state index contributed by atoms with van der Waals surface area (Å²) in [4.78, 5) is 23.4. The van der Waals surface area contributed by atoms with Gasteiger partial charge in [-0.2, -0.15) is 0 Å². The predicted molar refractivity (Wildman–Crippen MR) is 70.7 cm³/mol.